The molecule has 0 saturated heterocycles. The minimum absolute atomic E-state index is 0.0149. The summed E-state index contributed by atoms with van der Waals surface area (Å²) in [6.45, 7) is 7.51. The smallest absolute Gasteiger partial charge is 0.127 e. The Hall–Kier alpha value is -1.06. The highest BCUT2D eigenvalue weighted by Crippen LogP contribution is 2.18. The van der Waals surface area contributed by atoms with E-state index in [0.717, 1.165) is 12.2 Å². The van der Waals surface area contributed by atoms with Crippen LogP contribution in [0.15, 0.2) is 24.3 Å². The zero-order valence-electron chi connectivity index (χ0n) is 10.3. The second-order valence-electron chi connectivity index (χ2n) is 3.82. The number of aliphatic hydroxyl groups is 1. The van der Waals surface area contributed by atoms with Crippen molar-refractivity contribution in [2.45, 2.75) is 27.0 Å². The van der Waals surface area contributed by atoms with Gasteiger partial charge >= 0.3 is 0 Å². The Morgan fingerprint density at radius 3 is 2.75 bits per heavy atom. The van der Waals surface area contributed by atoms with Crippen molar-refractivity contribution in [3.8, 4) is 0 Å². The van der Waals surface area contributed by atoms with Gasteiger partial charge in [-0.2, -0.15) is 0 Å². The highest BCUT2D eigenvalue weighted by molar-refractivity contribution is 5.48. The van der Waals surface area contributed by atoms with Crippen molar-refractivity contribution in [1.82, 2.24) is 0 Å². The van der Waals surface area contributed by atoms with Crippen molar-refractivity contribution in [1.29, 1.82) is 0 Å². The van der Waals surface area contributed by atoms with Gasteiger partial charge in [-0.15, -0.1) is 0 Å². The van der Waals surface area contributed by atoms with Gasteiger partial charge in [0.25, 0.3) is 0 Å². The van der Waals surface area contributed by atoms with E-state index in [4.69, 9.17) is 9.84 Å². The van der Waals surface area contributed by atoms with Crippen molar-refractivity contribution in [2.75, 3.05) is 24.7 Å². The van der Waals surface area contributed by atoms with Gasteiger partial charge in [0.05, 0.1) is 13.2 Å². The molecule has 90 valence electrons. The van der Waals surface area contributed by atoms with Gasteiger partial charge in [0.1, 0.15) is 6.23 Å². The molecule has 16 heavy (non-hydrogen) atoms. The predicted octanol–water partition coefficient (Wildman–Crippen LogP) is 2.18. The molecule has 0 bridgehead atoms. The van der Waals surface area contributed by atoms with Crippen LogP contribution in [0, 0.1) is 6.92 Å². The van der Waals surface area contributed by atoms with Crippen LogP contribution in [0.1, 0.15) is 19.4 Å². The fourth-order valence-corrected chi connectivity index (χ4v) is 1.77. The normalized spacial score (nSPS) is 12.5. The van der Waals surface area contributed by atoms with E-state index in [1.807, 2.05) is 13.0 Å². The third-order valence-electron chi connectivity index (χ3n) is 2.56. The molecule has 0 heterocycles. The maximum absolute atomic E-state index is 8.74. The molecule has 3 heteroatoms. The van der Waals surface area contributed by atoms with Gasteiger partial charge in [-0.1, -0.05) is 12.1 Å². The summed E-state index contributed by atoms with van der Waals surface area (Å²) in [5.41, 5.74) is 2.40. The highest BCUT2D eigenvalue weighted by Gasteiger charge is 2.12. The SMILES string of the molecule is CCN(c1cccc(C)c1)C(C)OCCO. The van der Waals surface area contributed by atoms with E-state index < -0.39 is 0 Å². The first-order valence-corrected chi connectivity index (χ1v) is 5.74. The highest BCUT2D eigenvalue weighted by atomic mass is 16.5. The molecule has 1 rings (SSSR count). The summed E-state index contributed by atoms with van der Waals surface area (Å²) in [4.78, 5) is 2.17. The summed E-state index contributed by atoms with van der Waals surface area (Å²) in [7, 11) is 0. The quantitative estimate of drug-likeness (QED) is 0.750. The van der Waals surface area contributed by atoms with Crippen molar-refractivity contribution < 1.29 is 9.84 Å². The van der Waals surface area contributed by atoms with Crippen LogP contribution in [-0.4, -0.2) is 31.1 Å². The summed E-state index contributed by atoms with van der Waals surface area (Å²) >= 11 is 0. The number of nitrogens with zero attached hydrogens (tertiary/aromatic N) is 1. The fourth-order valence-electron chi connectivity index (χ4n) is 1.77. The first kappa shape index (κ1) is 13.0. The molecule has 0 aliphatic rings. The fraction of sp³-hybridized carbons (Fsp3) is 0.538. The maximum atomic E-state index is 8.74. The molecule has 1 aromatic carbocycles. The Morgan fingerprint density at radius 1 is 1.44 bits per heavy atom. The van der Waals surface area contributed by atoms with Gasteiger partial charge in [0.2, 0.25) is 0 Å². The molecule has 1 N–H and O–H groups in total. The summed E-state index contributed by atoms with van der Waals surface area (Å²) in [6.07, 6.45) is -0.0149. The lowest BCUT2D eigenvalue weighted by molar-refractivity contribution is 0.0378. The molecule has 0 aromatic heterocycles. The molecular weight excluding hydrogens is 202 g/mol. The zero-order chi connectivity index (χ0) is 12.0. The number of benzene rings is 1. The molecule has 0 aliphatic carbocycles. The third kappa shape index (κ3) is 3.51. The second kappa shape index (κ2) is 6.51. The Morgan fingerprint density at radius 2 is 2.19 bits per heavy atom. The van der Waals surface area contributed by atoms with Crippen LogP contribution in [0.2, 0.25) is 0 Å². The van der Waals surface area contributed by atoms with Crippen LogP contribution >= 0.6 is 0 Å². The van der Waals surface area contributed by atoms with Crippen LogP contribution in [0.25, 0.3) is 0 Å². The topological polar surface area (TPSA) is 32.7 Å². The first-order chi connectivity index (χ1) is 7.69. The van der Waals surface area contributed by atoms with Gasteiger partial charge in [0.15, 0.2) is 0 Å². The number of aliphatic hydroxyl groups excluding tert-OH is 1. The second-order valence-corrected chi connectivity index (χ2v) is 3.82. The van der Waals surface area contributed by atoms with Crippen LogP contribution < -0.4 is 4.90 Å². The van der Waals surface area contributed by atoms with E-state index in [-0.39, 0.29) is 12.8 Å². The first-order valence-electron chi connectivity index (χ1n) is 5.74. The largest absolute Gasteiger partial charge is 0.394 e. The van der Waals surface area contributed by atoms with Crippen LogP contribution in [0.4, 0.5) is 5.69 Å². The van der Waals surface area contributed by atoms with Gasteiger partial charge in [-0.25, -0.2) is 0 Å². The molecular formula is C13H21NO2. The van der Waals surface area contributed by atoms with Crippen molar-refractivity contribution in [3.63, 3.8) is 0 Å². The van der Waals surface area contributed by atoms with E-state index in [2.05, 4.69) is 36.9 Å². The molecule has 0 fully saturated rings. The lowest BCUT2D eigenvalue weighted by Gasteiger charge is -2.30. The molecule has 0 spiro atoms. The Kier molecular flexibility index (Phi) is 5.29. The number of ether oxygens (including phenoxy) is 1. The number of hydrogen-bond acceptors (Lipinski definition) is 3. The average molecular weight is 223 g/mol. The Balaban J connectivity index is 2.73. The van der Waals surface area contributed by atoms with Gasteiger partial charge in [0, 0.05) is 12.2 Å². The van der Waals surface area contributed by atoms with E-state index >= 15 is 0 Å². The number of anilines is 1. The van der Waals surface area contributed by atoms with Gasteiger partial charge in [-0.05, 0) is 38.5 Å². The number of aryl methyl sites for hydroxylation is 1. The molecule has 0 radical (unpaired) electrons. The van der Waals surface area contributed by atoms with E-state index in [1.54, 1.807) is 0 Å². The maximum Gasteiger partial charge on any atom is 0.127 e. The van der Waals surface area contributed by atoms with E-state index in [1.165, 1.54) is 5.56 Å². The predicted molar refractivity (Wildman–Crippen MR) is 66.7 cm³/mol. The van der Waals surface area contributed by atoms with E-state index in [9.17, 15) is 0 Å². The number of rotatable bonds is 6. The standard InChI is InChI=1S/C13H21NO2/c1-4-14(12(3)16-9-8-15)13-7-5-6-11(2)10-13/h5-7,10,12,15H,4,8-9H2,1-3H3. The Bertz CT molecular complexity index is 315. The summed E-state index contributed by atoms with van der Waals surface area (Å²) in [5.74, 6) is 0. The van der Waals surface area contributed by atoms with Gasteiger partial charge in [-0.3, -0.25) is 0 Å². The van der Waals surface area contributed by atoms with Crippen LogP contribution in [-0.2, 0) is 4.74 Å². The summed E-state index contributed by atoms with van der Waals surface area (Å²) < 4.78 is 5.51. The van der Waals surface area contributed by atoms with Gasteiger partial charge < -0.3 is 14.7 Å². The third-order valence-corrected chi connectivity index (χ3v) is 2.56. The lowest BCUT2D eigenvalue weighted by atomic mass is 10.2. The zero-order valence-corrected chi connectivity index (χ0v) is 10.3. The van der Waals surface area contributed by atoms with E-state index in [0.29, 0.717) is 6.61 Å². The summed E-state index contributed by atoms with van der Waals surface area (Å²) in [6, 6.07) is 8.35. The molecule has 0 aliphatic heterocycles. The van der Waals surface area contributed by atoms with Crippen molar-refractivity contribution >= 4 is 5.69 Å². The molecule has 3 nitrogen and oxygen atoms in total. The minimum atomic E-state index is -0.0149. The van der Waals surface area contributed by atoms with Crippen molar-refractivity contribution in [3.05, 3.63) is 29.8 Å². The van der Waals surface area contributed by atoms with Crippen LogP contribution in [0.3, 0.4) is 0 Å². The van der Waals surface area contributed by atoms with Crippen LogP contribution in [0.5, 0.6) is 0 Å². The average Bonchev–Trinajstić information content (AvgIpc) is 2.27. The van der Waals surface area contributed by atoms with Crippen molar-refractivity contribution in [2.24, 2.45) is 0 Å². The molecule has 0 saturated carbocycles. The summed E-state index contributed by atoms with van der Waals surface area (Å²) in [5, 5.41) is 8.74. The monoisotopic (exact) mass is 223 g/mol. The Labute approximate surface area is 97.7 Å². The number of hydrogen-bond donors (Lipinski definition) is 1. The lowest BCUT2D eigenvalue weighted by Crippen LogP contribution is -2.35. The molecule has 1 atom stereocenters. The molecule has 1 aromatic rings. The molecule has 1 unspecified atom stereocenters. The molecule has 0 amide bonds. The minimum Gasteiger partial charge on any atom is -0.394 e.